The first-order chi connectivity index (χ1) is 25.3. The van der Waals surface area contributed by atoms with Crippen molar-refractivity contribution in [3.05, 3.63) is 164 Å². The summed E-state index contributed by atoms with van der Waals surface area (Å²) in [5, 5.41) is 13.5. The molecule has 0 N–H and O–H groups in total. The topological polar surface area (TPSA) is 51.8 Å². The molecular formula is C47H27N3O. The summed E-state index contributed by atoms with van der Waals surface area (Å²) in [6.45, 7) is 0. The minimum atomic E-state index is 0.611. The van der Waals surface area contributed by atoms with Gasteiger partial charge in [0.05, 0.1) is 0 Å². The number of fused-ring (bicyclic) bond motifs is 12. The fraction of sp³-hybridized carbons (Fsp3) is 0. The van der Waals surface area contributed by atoms with E-state index in [2.05, 4.69) is 146 Å². The molecule has 0 saturated carbocycles. The van der Waals surface area contributed by atoms with Gasteiger partial charge in [-0.2, -0.15) is 0 Å². The molecule has 0 amide bonds. The van der Waals surface area contributed by atoms with Crippen molar-refractivity contribution in [3.8, 4) is 34.2 Å². The highest BCUT2D eigenvalue weighted by Gasteiger charge is 2.23. The van der Waals surface area contributed by atoms with Crippen LogP contribution in [0.25, 0.3) is 110 Å². The molecule has 0 aliphatic heterocycles. The highest BCUT2D eigenvalue weighted by atomic mass is 16.3. The largest absolute Gasteiger partial charge is 0.455 e. The van der Waals surface area contributed by atoms with Crippen molar-refractivity contribution >= 4 is 75.8 Å². The SMILES string of the molecule is c1ccc(-c2nc(-c3cccc4ccccc34)nc(-c3c4ccccc4cc4oc5c(ccc6c7ccccc7c7ccccc7c65)c34)n2)cc1. The first kappa shape index (κ1) is 28.0. The minimum absolute atomic E-state index is 0.611. The van der Waals surface area contributed by atoms with Gasteiger partial charge in [-0.1, -0.05) is 152 Å². The molecule has 0 spiro atoms. The molecule has 4 heteroatoms. The summed E-state index contributed by atoms with van der Waals surface area (Å²) in [5.41, 5.74) is 4.50. The van der Waals surface area contributed by atoms with Gasteiger partial charge in [-0.05, 0) is 60.6 Å². The lowest BCUT2D eigenvalue weighted by Crippen LogP contribution is -2.01. The molecule has 0 bridgehead atoms. The molecule has 0 aliphatic rings. The van der Waals surface area contributed by atoms with Crippen LogP contribution in [0, 0.1) is 0 Å². The van der Waals surface area contributed by atoms with Crippen molar-refractivity contribution in [3.63, 3.8) is 0 Å². The van der Waals surface area contributed by atoms with Crippen LogP contribution in [-0.4, -0.2) is 15.0 Å². The Morgan fingerprint density at radius 1 is 0.353 bits per heavy atom. The number of nitrogens with zero attached hydrogens (tertiary/aromatic N) is 3. The van der Waals surface area contributed by atoms with Crippen molar-refractivity contribution < 1.29 is 4.42 Å². The van der Waals surface area contributed by atoms with Gasteiger partial charge in [-0.3, -0.25) is 0 Å². The Morgan fingerprint density at radius 3 is 1.69 bits per heavy atom. The molecule has 0 fully saturated rings. The molecule has 0 radical (unpaired) electrons. The predicted octanol–water partition coefficient (Wildman–Crippen LogP) is 12.5. The number of aromatic nitrogens is 3. The minimum Gasteiger partial charge on any atom is -0.455 e. The van der Waals surface area contributed by atoms with Crippen LogP contribution in [-0.2, 0) is 0 Å². The van der Waals surface area contributed by atoms with E-state index < -0.39 is 0 Å². The van der Waals surface area contributed by atoms with Gasteiger partial charge in [0, 0.05) is 32.8 Å². The van der Waals surface area contributed by atoms with Crippen LogP contribution in [0.4, 0.5) is 0 Å². The van der Waals surface area contributed by atoms with E-state index >= 15 is 0 Å². The first-order valence-electron chi connectivity index (χ1n) is 17.2. The smallest absolute Gasteiger partial charge is 0.165 e. The summed E-state index contributed by atoms with van der Waals surface area (Å²) < 4.78 is 7.01. The third kappa shape index (κ3) is 4.17. The van der Waals surface area contributed by atoms with Gasteiger partial charge in [-0.15, -0.1) is 0 Å². The Labute approximate surface area is 292 Å². The molecule has 0 saturated heterocycles. The zero-order chi connectivity index (χ0) is 33.5. The number of benzene rings is 9. The van der Waals surface area contributed by atoms with Gasteiger partial charge in [0.2, 0.25) is 0 Å². The second-order valence-electron chi connectivity index (χ2n) is 13.1. The molecule has 4 nitrogen and oxygen atoms in total. The van der Waals surface area contributed by atoms with E-state index in [1.807, 2.05) is 18.2 Å². The monoisotopic (exact) mass is 649 g/mol. The zero-order valence-electron chi connectivity index (χ0n) is 27.3. The maximum Gasteiger partial charge on any atom is 0.165 e. The average molecular weight is 650 g/mol. The molecule has 0 aliphatic carbocycles. The van der Waals surface area contributed by atoms with Crippen LogP contribution in [0.3, 0.4) is 0 Å². The summed E-state index contributed by atoms with van der Waals surface area (Å²) in [7, 11) is 0. The van der Waals surface area contributed by atoms with Crippen LogP contribution in [0.2, 0.25) is 0 Å². The Bertz CT molecular complexity index is 3160. The summed E-state index contributed by atoms with van der Waals surface area (Å²) in [5.74, 6) is 1.87. The Hall–Kier alpha value is -6.91. The molecule has 0 atom stereocenters. The van der Waals surface area contributed by atoms with Gasteiger partial charge in [0.25, 0.3) is 0 Å². The average Bonchev–Trinajstić information content (AvgIpc) is 3.58. The third-order valence-corrected chi connectivity index (χ3v) is 10.3. The summed E-state index contributed by atoms with van der Waals surface area (Å²) in [4.78, 5) is 15.7. The van der Waals surface area contributed by atoms with Crippen LogP contribution in [0.15, 0.2) is 168 Å². The molecule has 2 heterocycles. The van der Waals surface area contributed by atoms with E-state index in [0.29, 0.717) is 17.5 Å². The maximum atomic E-state index is 7.01. The molecule has 11 aromatic rings. The number of hydrogen-bond acceptors (Lipinski definition) is 4. The lowest BCUT2D eigenvalue weighted by atomic mass is 9.92. The normalized spacial score (nSPS) is 11.9. The van der Waals surface area contributed by atoms with Crippen molar-refractivity contribution in [1.82, 2.24) is 15.0 Å². The predicted molar refractivity (Wildman–Crippen MR) is 211 cm³/mol. The number of hydrogen-bond donors (Lipinski definition) is 0. The van der Waals surface area contributed by atoms with Gasteiger partial charge in [-0.25, -0.2) is 15.0 Å². The Kier molecular flexibility index (Phi) is 5.92. The van der Waals surface area contributed by atoms with Gasteiger partial charge in [0.1, 0.15) is 11.2 Å². The van der Waals surface area contributed by atoms with E-state index in [4.69, 9.17) is 19.4 Å². The third-order valence-electron chi connectivity index (χ3n) is 10.3. The summed E-state index contributed by atoms with van der Waals surface area (Å²) >= 11 is 0. The molecule has 11 rings (SSSR count). The van der Waals surface area contributed by atoms with Crippen molar-refractivity contribution in [2.45, 2.75) is 0 Å². The molecule has 2 aromatic heterocycles. The first-order valence-corrected chi connectivity index (χ1v) is 17.2. The maximum absolute atomic E-state index is 7.01. The van der Waals surface area contributed by atoms with Crippen molar-refractivity contribution in [2.75, 3.05) is 0 Å². The van der Waals surface area contributed by atoms with E-state index in [1.165, 1.54) is 26.9 Å². The molecule has 0 unspecified atom stereocenters. The number of rotatable bonds is 3. The van der Waals surface area contributed by atoms with E-state index in [-0.39, 0.29) is 0 Å². The quantitative estimate of drug-likeness (QED) is 0.179. The van der Waals surface area contributed by atoms with E-state index in [1.54, 1.807) is 0 Å². The van der Waals surface area contributed by atoms with Gasteiger partial charge >= 0.3 is 0 Å². The second kappa shape index (κ2) is 10.8. The standard InChI is InChI=1S/C47H27N3O/c1-2-14-29(15-3-1)45-48-46(38-24-12-17-28-13-4-6-18-31(28)38)50-47(49-45)43-32-19-7-5-16-30(32)27-40-42(43)39-26-25-37-35-22-9-8-20-33(35)34-21-10-11-23-36(34)41(37)44(39)51-40/h1-27H. The van der Waals surface area contributed by atoms with E-state index in [9.17, 15) is 0 Å². The lowest BCUT2D eigenvalue weighted by Gasteiger charge is -2.13. The van der Waals surface area contributed by atoms with Crippen LogP contribution >= 0.6 is 0 Å². The second-order valence-corrected chi connectivity index (χ2v) is 13.1. The fourth-order valence-corrected chi connectivity index (χ4v) is 8.02. The fourth-order valence-electron chi connectivity index (χ4n) is 8.02. The summed E-state index contributed by atoms with van der Waals surface area (Å²) in [6.07, 6.45) is 0. The van der Waals surface area contributed by atoms with E-state index in [0.717, 1.165) is 65.6 Å². The zero-order valence-corrected chi connectivity index (χ0v) is 27.3. The highest BCUT2D eigenvalue weighted by molar-refractivity contribution is 6.33. The van der Waals surface area contributed by atoms with Crippen molar-refractivity contribution in [2.24, 2.45) is 0 Å². The molecule has 51 heavy (non-hydrogen) atoms. The van der Waals surface area contributed by atoms with Crippen LogP contribution in [0.5, 0.6) is 0 Å². The molecular weight excluding hydrogens is 623 g/mol. The van der Waals surface area contributed by atoms with Gasteiger partial charge < -0.3 is 4.42 Å². The Morgan fingerprint density at radius 2 is 0.902 bits per heavy atom. The van der Waals surface area contributed by atoms with Crippen LogP contribution in [0.1, 0.15) is 0 Å². The van der Waals surface area contributed by atoms with Crippen molar-refractivity contribution in [1.29, 1.82) is 0 Å². The molecule has 9 aromatic carbocycles. The highest BCUT2D eigenvalue weighted by Crippen LogP contribution is 2.46. The lowest BCUT2D eigenvalue weighted by molar-refractivity contribution is 0.673. The van der Waals surface area contributed by atoms with Crippen LogP contribution < -0.4 is 0 Å². The van der Waals surface area contributed by atoms with Gasteiger partial charge in [0.15, 0.2) is 17.5 Å². The summed E-state index contributed by atoms with van der Waals surface area (Å²) in [6, 6.07) is 57.2. The number of furan rings is 1. The Balaban J connectivity index is 1.30. The molecule has 236 valence electrons.